The van der Waals surface area contributed by atoms with Crippen molar-refractivity contribution in [2.24, 2.45) is 0 Å². The highest BCUT2D eigenvalue weighted by molar-refractivity contribution is 6.30. The fourth-order valence-corrected chi connectivity index (χ4v) is 5.03. The summed E-state index contributed by atoms with van der Waals surface area (Å²) in [5.74, 6) is 0.159. The van der Waals surface area contributed by atoms with Gasteiger partial charge in [0.1, 0.15) is 11.8 Å². The molecule has 0 aromatic heterocycles. The molecule has 1 fully saturated rings. The Labute approximate surface area is 224 Å². The molecule has 1 atom stereocenters. The van der Waals surface area contributed by atoms with Crippen molar-refractivity contribution in [3.05, 3.63) is 101 Å². The smallest absolute Gasteiger partial charge is 0.261 e. The van der Waals surface area contributed by atoms with E-state index in [0.717, 1.165) is 42.4 Å². The third-order valence-corrected chi connectivity index (χ3v) is 7.22. The number of hydrogen-bond acceptors (Lipinski definition) is 3. The van der Waals surface area contributed by atoms with Gasteiger partial charge >= 0.3 is 0 Å². The van der Waals surface area contributed by atoms with Crippen molar-refractivity contribution in [3.8, 4) is 5.75 Å². The Morgan fingerprint density at radius 1 is 0.973 bits per heavy atom. The fraction of sp³-hybridized carbons (Fsp3) is 0.355. The Bertz CT molecular complexity index is 1180. The summed E-state index contributed by atoms with van der Waals surface area (Å²) in [6.45, 7) is 2.16. The van der Waals surface area contributed by atoms with Crippen LogP contribution in [-0.2, 0) is 22.6 Å². The van der Waals surface area contributed by atoms with Crippen LogP contribution in [0.2, 0.25) is 5.02 Å². The molecule has 6 heteroatoms. The van der Waals surface area contributed by atoms with Crippen molar-refractivity contribution < 1.29 is 14.3 Å². The molecular formula is C31H35ClN2O3. The van der Waals surface area contributed by atoms with Crippen LogP contribution in [0.25, 0.3) is 0 Å². The Hall–Kier alpha value is -3.31. The zero-order valence-electron chi connectivity index (χ0n) is 21.4. The van der Waals surface area contributed by atoms with E-state index in [0.29, 0.717) is 23.7 Å². The minimum atomic E-state index is -0.667. The Balaban J connectivity index is 1.62. The number of benzene rings is 3. The zero-order valence-corrected chi connectivity index (χ0v) is 22.1. The third-order valence-electron chi connectivity index (χ3n) is 6.98. The number of nitrogens with zero attached hydrogens (tertiary/aromatic N) is 1. The van der Waals surface area contributed by atoms with Gasteiger partial charge in [0.2, 0.25) is 5.91 Å². The van der Waals surface area contributed by atoms with Gasteiger partial charge in [-0.1, -0.05) is 91.5 Å². The van der Waals surface area contributed by atoms with Crippen LogP contribution in [0.4, 0.5) is 0 Å². The largest absolute Gasteiger partial charge is 0.484 e. The van der Waals surface area contributed by atoms with Crippen molar-refractivity contribution in [2.45, 2.75) is 64.1 Å². The SMILES string of the molecule is Cc1ccccc1CN(C(=O)COc1cccc(Cl)c1)[C@@H](Cc1ccccc1)C(=O)NC1CCCCC1. The highest BCUT2D eigenvalue weighted by atomic mass is 35.5. The highest BCUT2D eigenvalue weighted by Gasteiger charge is 2.32. The van der Waals surface area contributed by atoms with Crippen molar-refractivity contribution in [3.63, 3.8) is 0 Å². The summed E-state index contributed by atoms with van der Waals surface area (Å²) >= 11 is 6.09. The van der Waals surface area contributed by atoms with Crippen molar-refractivity contribution >= 4 is 23.4 Å². The van der Waals surface area contributed by atoms with Gasteiger partial charge in [0, 0.05) is 24.0 Å². The van der Waals surface area contributed by atoms with Gasteiger partial charge in [0.15, 0.2) is 6.61 Å². The lowest BCUT2D eigenvalue weighted by molar-refractivity contribution is -0.143. The van der Waals surface area contributed by atoms with E-state index in [9.17, 15) is 9.59 Å². The number of carbonyl (C=O) groups is 2. The van der Waals surface area contributed by atoms with Crippen molar-refractivity contribution in [1.82, 2.24) is 10.2 Å². The van der Waals surface area contributed by atoms with E-state index in [2.05, 4.69) is 5.32 Å². The van der Waals surface area contributed by atoms with Gasteiger partial charge in [-0.25, -0.2) is 0 Å². The molecule has 0 bridgehead atoms. The number of nitrogens with one attached hydrogen (secondary N) is 1. The molecule has 3 aromatic rings. The van der Waals surface area contributed by atoms with E-state index in [1.165, 1.54) is 6.42 Å². The number of aryl methyl sites for hydroxylation is 1. The molecule has 3 aromatic carbocycles. The lowest BCUT2D eigenvalue weighted by Gasteiger charge is -2.33. The molecular weight excluding hydrogens is 484 g/mol. The molecule has 4 rings (SSSR count). The monoisotopic (exact) mass is 518 g/mol. The maximum atomic E-state index is 13.8. The van der Waals surface area contributed by atoms with Crippen LogP contribution in [0.3, 0.4) is 0 Å². The minimum Gasteiger partial charge on any atom is -0.484 e. The first-order valence-corrected chi connectivity index (χ1v) is 13.4. The summed E-state index contributed by atoms with van der Waals surface area (Å²) in [7, 11) is 0. The molecule has 2 amide bonds. The topological polar surface area (TPSA) is 58.6 Å². The van der Waals surface area contributed by atoms with Crippen molar-refractivity contribution in [1.29, 1.82) is 0 Å². The third kappa shape index (κ3) is 7.83. The lowest BCUT2D eigenvalue weighted by atomic mass is 9.94. The maximum Gasteiger partial charge on any atom is 0.261 e. The molecule has 0 unspecified atom stereocenters. The molecule has 1 aliphatic rings. The van der Waals surface area contributed by atoms with Gasteiger partial charge in [-0.15, -0.1) is 0 Å². The standard InChI is InChI=1S/C31H35ClN2O3/c1-23-11-8-9-14-25(23)21-34(30(35)22-37-28-18-10-15-26(32)20-28)29(19-24-12-4-2-5-13-24)31(36)33-27-16-6-3-7-17-27/h2,4-5,8-15,18,20,27,29H,3,6-7,16-17,19,21-22H2,1H3,(H,33,36)/t29-/m0/s1. The van der Waals surface area contributed by atoms with E-state index in [1.54, 1.807) is 29.2 Å². The summed E-state index contributed by atoms with van der Waals surface area (Å²) in [5, 5.41) is 3.80. The van der Waals surface area contributed by atoms with Crippen LogP contribution in [0.5, 0.6) is 5.75 Å². The van der Waals surface area contributed by atoms with Crippen LogP contribution in [0.1, 0.15) is 48.8 Å². The van der Waals surface area contributed by atoms with Gasteiger partial charge < -0.3 is 15.0 Å². The first-order valence-electron chi connectivity index (χ1n) is 13.1. The van der Waals surface area contributed by atoms with Crippen LogP contribution in [0, 0.1) is 6.92 Å². The predicted octanol–water partition coefficient (Wildman–Crippen LogP) is 6.12. The molecule has 1 saturated carbocycles. The Morgan fingerprint density at radius 2 is 1.70 bits per heavy atom. The number of halogens is 1. The van der Waals surface area contributed by atoms with Crippen LogP contribution >= 0.6 is 11.6 Å². The average molecular weight is 519 g/mol. The minimum absolute atomic E-state index is 0.111. The van der Waals surface area contributed by atoms with E-state index in [4.69, 9.17) is 16.3 Å². The number of amides is 2. The average Bonchev–Trinajstić information content (AvgIpc) is 2.91. The Kier molecular flexibility index (Phi) is 9.61. The lowest BCUT2D eigenvalue weighted by Crippen LogP contribution is -2.53. The summed E-state index contributed by atoms with van der Waals surface area (Å²) in [6.07, 6.45) is 5.83. The van der Waals surface area contributed by atoms with E-state index >= 15 is 0 Å². The second-order valence-corrected chi connectivity index (χ2v) is 10.2. The van der Waals surface area contributed by atoms with Crippen molar-refractivity contribution in [2.75, 3.05) is 6.61 Å². The number of hydrogen-bond donors (Lipinski definition) is 1. The molecule has 194 valence electrons. The molecule has 5 nitrogen and oxygen atoms in total. The van der Waals surface area contributed by atoms with Gasteiger partial charge in [-0.05, 0) is 54.7 Å². The van der Waals surface area contributed by atoms with E-state index < -0.39 is 6.04 Å². The van der Waals surface area contributed by atoms with Crippen LogP contribution in [-0.4, -0.2) is 35.4 Å². The molecule has 0 radical (unpaired) electrons. The number of carbonyl (C=O) groups excluding carboxylic acids is 2. The van der Waals surface area contributed by atoms with Crippen LogP contribution in [0.15, 0.2) is 78.9 Å². The summed E-state index contributed by atoms with van der Waals surface area (Å²) in [6, 6.07) is 24.3. The summed E-state index contributed by atoms with van der Waals surface area (Å²) in [5.41, 5.74) is 3.08. The van der Waals surface area contributed by atoms with Gasteiger partial charge in [-0.2, -0.15) is 0 Å². The van der Waals surface area contributed by atoms with Gasteiger partial charge in [-0.3, -0.25) is 9.59 Å². The second kappa shape index (κ2) is 13.3. The molecule has 1 N–H and O–H groups in total. The predicted molar refractivity (Wildman–Crippen MR) is 148 cm³/mol. The van der Waals surface area contributed by atoms with Gasteiger partial charge in [0.25, 0.3) is 5.91 Å². The second-order valence-electron chi connectivity index (χ2n) is 9.74. The molecule has 0 spiro atoms. The van der Waals surface area contributed by atoms with E-state index in [1.807, 2.05) is 61.5 Å². The maximum absolute atomic E-state index is 13.8. The molecule has 37 heavy (non-hydrogen) atoms. The molecule has 0 heterocycles. The van der Waals surface area contributed by atoms with Gasteiger partial charge in [0.05, 0.1) is 0 Å². The highest BCUT2D eigenvalue weighted by Crippen LogP contribution is 2.21. The number of ether oxygens (including phenoxy) is 1. The first-order chi connectivity index (χ1) is 18.0. The number of rotatable bonds is 10. The summed E-state index contributed by atoms with van der Waals surface area (Å²) in [4.78, 5) is 29.2. The Morgan fingerprint density at radius 3 is 2.43 bits per heavy atom. The molecule has 0 aliphatic heterocycles. The normalized spacial score (nSPS) is 14.5. The zero-order chi connectivity index (χ0) is 26.0. The molecule has 0 saturated heterocycles. The fourth-order valence-electron chi connectivity index (χ4n) is 4.85. The van der Waals surface area contributed by atoms with Crippen LogP contribution < -0.4 is 10.1 Å². The quantitative estimate of drug-likeness (QED) is 0.352. The summed E-state index contributed by atoms with van der Waals surface area (Å²) < 4.78 is 5.82. The first kappa shape index (κ1) is 26.7. The molecule has 1 aliphatic carbocycles. The van der Waals surface area contributed by atoms with E-state index in [-0.39, 0.29) is 24.5 Å².